The number of hydrogen-bond acceptors (Lipinski definition) is 3. The monoisotopic (exact) mass is 339 g/mol. The molecule has 1 aromatic rings. The Kier molecular flexibility index (Phi) is 13.4. The smallest absolute Gasteiger partial charge is 0.0366 e. The number of likely N-dealkylation sites (N-methyl/N-ethyl adjacent to an activating group) is 2. The molecular weight excluding hydrogens is 301 g/mol. The molecule has 0 aliphatic carbocycles. The Balaban J connectivity index is 0.00000232. The lowest BCUT2D eigenvalue weighted by Crippen LogP contribution is -2.31. The fourth-order valence-corrected chi connectivity index (χ4v) is 2.54. The molecule has 1 rings (SSSR count). The lowest BCUT2D eigenvalue weighted by atomic mass is 10.2. The molecule has 0 aliphatic rings. The molecule has 0 saturated carbocycles. The van der Waals surface area contributed by atoms with Gasteiger partial charge in [-0.2, -0.15) is 0 Å². The molecular formula is C19H38N3P. The zero-order valence-corrected chi connectivity index (χ0v) is 17.3. The second-order valence-corrected chi connectivity index (χ2v) is 6.51. The first-order valence-corrected chi connectivity index (χ1v) is 9.75. The summed E-state index contributed by atoms with van der Waals surface area (Å²) in [6.07, 6.45) is 2.42. The summed E-state index contributed by atoms with van der Waals surface area (Å²) in [5.41, 5.74) is 2.73. The maximum absolute atomic E-state index is 2.80. The molecule has 3 nitrogen and oxygen atoms in total. The average molecular weight is 340 g/mol. The van der Waals surface area contributed by atoms with Crippen LogP contribution in [-0.4, -0.2) is 63.3 Å². The number of nitrogens with zero attached hydrogens (tertiary/aromatic N) is 3. The van der Waals surface area contributed by atoms with Crippen LogP contribution >= 0.6 is 9.24 Å². The van der Waals surface area contributed by atoms with Gasteiger partial charge in [0.15, 0.2) is 0 Å². The summed E-state index contributed by atoms with van der Waals surface area (Å²) >= 11 is 0. The van der Waals surface area contributed by atoms with Crippen LogP contribution in [0.15, 0.2) is 24.3 Å². The first kappa shape index (κ1) is 22.4. The molecule has 23 heavy (non-hydrogen) atoms. The molecule has 4 heteroatoms. The van der Waals surface area contributed by atoms with E-state index in [1.165, 1.54) is 23.8 Å². The Labute approximate surface area is 147 Å². The third-order valence-corrected chi connectivity index (χ3v) is 4.11. The van der Waals surface area contributed by atoms with Gasteiger partial charge in [0.1, 0.15) is 0 Å². The SMILES string of the molecule is CC.CCN(CCN(C)C)c1ccc(CN(C)CCCP)cc1. The Morgan fingerprint density at radius 1 is 0.913 bits per heavy atom. The molecule has 0 aliphatic heterocycles. The van der Waals surface area contributed by atoms with Crippen molar-refractivity contribution in [2.45, 2.75) is 33.7 Å². The molecule has 0 saturated heterocycles. The molecule has 0 amide bonds. The normalized spacial score (nSPS) is 10.7. The lowest BCUT2D eigenvalue weighted by Gasteiger charge is -2.25. The zero-order valence-electron chi connectivity index (χ0n) is 16.2. The first-order valence-electron chi connectivity index (χ1n) is 8.94. The number of hydrogen-bond donors (Lipinski definition) is 0. The van der Waals surface area contributed by atoms with E-state index in [9.17, 15) is 0 Å². The summed E-state index contributed by atoms with van der Waals surface area (Å²) in [6.45, 7) is 11.6. The maximum atomic E-state index is 2.80. The van der Waals surface area contributed by atoms with Crippen LogP contribution < -0.4 is 4.90 Å². The van der Waals surface area contributed by atoms with Crippen molar-refractivity contribution in [2.75, 3.05) is 58.4 Å². The summed E-state index contributed by atoms with van der Waals surface area (Å²) in [7, 11) is 9.25. The summed E-state index contributed by atoms with van der Waals surface area (Å²) in [5, 5.41) is 0. The standard InChI is InChI=1S/C17H32N3P.C2H6/c1-5-20(13-12-18(2)3)17-9-7-16(8-10-17)15-19(4)11-6-14-21;1-2/h7-10H,5-6,11-15,21H2,1-4H3;1-2H3. The Morgan fingerprint density at radius 2 is 1.52 bits per heavy atom. The summed E-state index contributed by atoms with van der Waals surface area (Å²) in [5.74, 6) is 0. The molecule has 0 radical (unpaired) electrons. The second-order valence-electron chi connectivity index (χ2n) is 5.93. The van der Waals surface area contributed by atoms with Crippen LogP contribution in [-0.2, 0) is 6.54 Å². The van der Waals surface area contributed by atoms with Gasteiger partial charge in [0.25, 0.3) is 0 Å². The molecule has 1 unspecified atom stereocenters. The van der Waals surface area contributed by atoms with Gasteiger partial charge in [-0.05, 0) is 64.9 Å². The second kappa shape index (κ2) is 13.8. The summed E-state index contributed by atoms with van der Waals surface area (Å²) < 4.78 is 0. The van der Waals surface area contributed by atoms with Crippen LogP contribution in [0.2, 0.25) is 0 Å². The minimum absolute atomic E-state index is 1.04. The molecule has 0 N–H and O–H groups in total. The highest BCUT2D eigenvalue weighted by Gasteiger charge is 2.05. The van der Waals surface area contributed by atoms with Crippen LogP contribution in [0.4, 0.5) is 5.69 Å². The van der Waals surface area contributed by atoms with Crippen molar-refractivity contribution < 1.29 is 0 Å². The third-order valence-electron chi connectivity index (χ3n) is 3.70. The van der Waals surface area contributed by atoms with Gasteiger partial charge in [-0.15, -0.1) is 9.24 Å². The fourth-order valence-electron chi connectivity index (χ4n) is 2.35. The molecule has 1 atom stereocenters. The maximum Gasteiger partial charge on any atom is 0.0366 e. The molecule has 134 valence electrons. The van der Waals surface area contributed by atoms with E-state index in [-0.39, 0.29) is 0 Å². The van der Waals surface area contributed by atoms with Crippen molar-refractivity contribution in [1.29, 1.82) is 0 Å². The average Bonchev–Trinajstić information content (AvgIpc) is 2.56. The van der Waals surface area contributed by atoms with Gasteiger partial charge < -0.3 is 14.7 Å². The van der Waals surface area contributed by atoms with Crippen LogP contribution in [0, 0.1) is 0 Å². The minimum Gasteiger partial charge on any atom is -0.371 e. The van der Waals surface area contributed by atoms with Gasteiger partial charge in [0.05, 0.1) is 0 Å². The number of anilines is 1. The molecule has 0 bridgehead atoms. The highest BCUT2D eigenvalue weighted by atomic mass is 31.0. The van der Waals surface area contributed by atoms with E-state index < -0.39 is 0 Å². The fraction of sp³-hybridized carbons (Fsp3) is 0.684. The largest absolute Gasteiger partial charge is 0.371 e. The predicted octanol–water partition coefficient (Wildman–Crippen LogP) is 3.80. The van der Waals surface area contributed by atoms with Crippen molar-refractivity contribution in [3.05, 3.63) is 29.8 Å². The first-order chi connectivity index (χ1) is 11.1. The molecule has 0 heterocycles. The summed E-state index contributed by atoms with van der Waals surface area (Å²) in [6, 6.07) is 9.06. The van der Waals surface area contributed by atoms with Gasteiger partial charge in [0, 0.05) is 31.9 Å². The van der Waals surface area contributed by atoms with Crippen molar-refractivity contribution >= 4 is 14.9 Å². The van der Waals surface area contributed by atoms with Crippen LogP contribution in [0.1, 0.15) is 32.8 Å². The Hall–Kier alpha value is -0.630. The van der Waals surface area contributed by atoms with Gasteiger partial charge in [-0.1, -0.05) is 26.0 Å². The van der Waals surface area contributed by atoms with E-state index in [1.807, 2.05) is 13.8 Å². The van der Waals surface area contributed by atoms with Crippen LogP contribution in [0.3, 0.4) is 0 Å². The molecule has 0 aromatic heterocycles. The van der Waals surface area contributed by atoms with E-state index in [0.717, 1.165) is 32.7 Å². The Bertz CT molecular complexity index is 379. The van der Waals surface area contributed by atoms with Gasteiger partial charge in [0.2, 0.25) is 0 Å². The highest BCUT2D eigenvalue weighted by Crippen LogP contribution is 2.16. The quantitative estimate of drug-likeness (QED) is 0.600. The zero-order chi connectivity index (χ0) is 17.7. The van der Waals surface area contributed by atoms with E-state index in [0.29, 0.717) is 0 Å². The van der Waals surface area contributed by atoms with Crippen LogP contribution in [0.25, 0.3) is 0 Å². The van der Waals surface area contributed by atoms with Crippen LogP contribution in [0.5, 0.6) is 0 Å². The minimum atomic E-state index is 1.04. The predicted molar refractivity (Wildman–Crippen MR) is 110 cm³/mol. The topological polar surface area (TPSA) is 9.72 Å². The van der Waals surface area contributed by atoms with Gasteiger partial charge in [-0.3, -0.25) is 0 Å². The lowest BCUT2D eigenvalue weighted by molar-refractivity contribution is 0.328. The molecule has 0 fully saturated rings. The molecule has 0 spiro atoms. The van der Waals surface area contributed by atoms with E-state index >= 15 is 0 Å². The van der Waals surface area contributed by atoms with Crippen molar-refractivity contribution in [3.8, 4) is 0 Å². The van der Waals surface area contributed by atoms with E-state index in [4.69, 9.17) is 0 Å². The number of benzene rings is 1. The van der Waals surface area contributed by atoms with E-state index in [1.54, 1.807) is 0 Å². The van der Waals surface area contributed by atoms with Crippen molar-refractivity contribution in [3.63, 3.8) is 0 Å². The van der Waals surface area contributed by atoms with Crippen molar-refractivity contribution in [2.24, 2.45) is 0 Å². The third kappa shape index (κ3) is 9.96. The van der Waals surface area contributed by atoms with Gasteiger partial charge >= 0.3 is 0 Å². The summed E-state index contributed by atoms with van der Waals surface area (Å²) in [4.78, 5) is 7.06. The Morgan fingerprint density at radius 3 is 2.00 bits per heavy atom. The van der Waals surface area contributed by atoms with E-state index in [2.05, 4.69) is 76.3 Å². The van der Waals surface area contributed by atoms with Gasteiger partial charge in [-0.25, -0.2) is 0 Å². The van der Waals surface area contributed by atoms with Crippen molar-refractivity contribution in [1.82, 2.24) is 9.80 Å². The number of rotatable bonds is 10. The molecule has 1 aromatic carbocycles. The highest BCUT2D eigenvalue weighted by molar-refractivity contribution is 7.16.